The van der Waals surface area contributed by atoms with Gasteiger partial charge in [-0.05, 0) is 0 Å². The number of hydrogen-bond acceptors (Lipinski definition) is 0. The molecular weight excluding hydrogens is 318 g/mol. The second-order valence-corrected chi connectivity index (χ2v) is 0. The van der Waals surface area contributed by atoms with Gasteiger partial charge in [-0.3, -0.25) is 0 Å². The molecule has 0 aliphatic carbocycles. The zero-order valence-corrected chi connectivity index (χ0v) is 7.07. The zero-order chi connectivity index (χ0) is 2.00. The molecule has 4 nitrogen and oxygen atoms in total. The van der Waals surface area contributed by atoms with Crippen LogP contribution in [-0.4, -0.2) is 21.9 Å². The van der Waals surface area contributed by atoms with E-state index >= 15 is 0 Å². The van der Waals surface area contributed by atoms with Crippen molar-refractivity contribution in [1.29, 1.82) is 0 Å². The van der Waals surface area contributed by atoms with Gasteiger partial charge in [-0.1, -0.05) is 0 Å². The van der Waals surface area contributed by atoms with E-state index in [0.717, 1.165) is 0 Å². The van der Waals surface area contributed by atoms with Crippen LogP contribution < -0.4 is 0 Å². The molecule has 0 aliphatic heterocycles. The van der Waals surface area contributed by atoms with E-state index in [2.05, 4.69) is 37.2 Å². The van der Waals surface area contributed by atoms with Crippen molar-refractivity contribution >= 4 is 37.2 Å². The van der Waals surface area contributed by atoms with Crippen LogP contribution in [0.5, 0.6) is 0 Å². The monoisotopic (exact) mass is 326 g/mol. The van der Waals surface area contributed by atoms with Crippen LogP contribution in [0.25, 0.3) is 0 Å². The smallest absolute Gasteiger partial charge is 0 e. The highest BCUT2D eigenvalue weighted by Crippen LogP contribution is 1.89. The first kappa shape index (κ1) is 54.8. The number of rotatable bonds is 0. The lowest BCUT2D eigenvalue weighted by molar-refractivity contribution is 0.823. The molecule has 0 aromatic carbocycles. The Morgan fingerprint density at radius 1 is 0.500 bits per heavy atom. The molecule has 0 fully saturated rings. The molecule has 0 atom stereocenters. The molecule has 0 unspecified atom stereocenters. The average Bonchev–Trinajstić information content (AvgIpc) is 1.00. The minimum atomic E-state index is 0. The molecule has 0 amide bonds. The van der Waals surface area contributed by atoms with Gasteiger partial charge >= 0.3 is 0 Å². The molecule has 0 rings (SSSR count). The van der Waals surface area contributed by atoms with Crippen molar-refractivity contribution in [3.8, 4) is 0 Å². The van der Waals surface area contributed by atoms with Gasteiger partial charge in [0.05, 0.1) is 0 Å². The summed E-state index contributed by atoms with van der Waals surface area (Å²) < 4.78 is 0. The Balaban J connectivity index is -0.000000000833. The summed E-state index contributed by atoms with van der Waals surface area (Å²) in [7, 11) is 0. The highest BCUT2D eigenvalue weighted by atomic mass is 128. The third kappa shape index (κ3) is 58.0. The van der Waals surface area contributed by atoms with E-state index in [4.69, 9.17) is 0 Å². The van der Waals surface area contributed by atoms with Gasteiger partial charge < -0.3 is 21.9 Å². The van der Waals surface area contributed by atoms with Crippen molar-refractivity contribution in [1.82, 2.24) is 0 Å². The first-order valence-corrected chi connectivity index (χ1v) is 6.43. The molecule has 0 aliphatic rings. The van der Waals surface area contributed by atoms with E-state index in [9.17, 15) is 0 Å². The molecule has 46 valence electrons. The van der Waals surface area contributed by atoms with E-state index in [0.29, 0.717) is 0 Å². The fraction of sp³-hybridized carbons (Fsp3) is 0. The van der Waals surface area contributed by atoms with Gasteiger partial charge in [-0.15, -0.1) is 0 Å². The Hall–Kier alpha value is 1.30. The molecule has 0 aromatic heterocycles. The zero-order valence-electron chi connectivity index (χ0n) is 2.76. The summed E-state index contributed by atoms with van der Waals surface area (Å²) in [6.45, 7) is 0. The molecule has 0 saturated carbocycles. The van der Waals surface area contributed by atoms with Crippen molar-refractivity contribution in [3.63, 3.8) is 0 Å². The summed E-state index contributed by atoms with van der Waals surface area (Å²) >= 11 is 4.24. The topological polar surface area (TPSA) is 126 Å². The molecule has 0 bridgehead atoms. The summed E-state index contributed by atoms with van der Waals surface area (Å²) in [6, 6.07) is 0. The molecule has 8 N–H and O–H groups in total. The summed E-state index contributed by atoms with van der Waals surface area (Å²) in [4.78, 5) is 0. The van der Waals surface area contributed by atoms with Crippen LogP contribution in [0.2, 0.25) is 0 Å². The Morgan fingerprint density at radius 3 is 0.500 bits per heavy atom. The van der Waals surface area contributed by atoms with Crippen LogP contribution in [-0.2, 0) is 0 Å². The fourth-order valence-electron chi connectivity index (χ4n) is 0. The van der Waals surface area contributed by atoms with E-state index in [-0.39, 0.29) is 21.9 Å². The van der Waals surface area contributed by atoms with Crippen molar-refractivity contribution in [3.05, 3.63) is 0 Å². The van der Waals surface area contributed by atoms with Crippen molar-refractivity contribution in [2.75, 3.05) is 0 Å². The summed E-state index contributed by atoms with van der Waals surface area (Å²) in [5.41, 5.74) is 0. The second kappa shape index (κ2) is 105. The van der Waals surface area contributed by atoms with Crippen molar-refractivity contribution in [2.45, 2.75) is 0 Å². The van der Waals surface area contributed by atoms with E-state index in [1.54, 1.807) is 0 Å². The van der Waals surface area contributed by atoms with Crippen LogP contribution in [0.3, 0.4) is 0 Å². The van der Waals surface area contributed by atoms with Crippen LogP contribution in [0.15, 0.2) is 0 Å². The minimum absolute atomic E-state index is 0. The van der Waals surface area contributed by atoms with E-state index in [1.165, 1.54) is 0 Å². The summed E-state index contributed by atoms with van der Waals surface area (Å²) in [5, 5.41) is 0. The first-order chi connectivity index (χ1) is 1.00. The van der Waals surface area contributed by atoms with Gasteiger partial charge in [0.2, 0.25) is 0 Å². The maximum Gasteiger partial charge on any atom is 0 e. The average molecular weight is 326 g/mol. The Labute approximate surface area is 58.9 Å². The lowest BCUT2D eigenvalue weighted by Gasteiger charge is -1.000. The minimum Gasteiger partial charge on any atom is -0.412 e. The third-order valence-corrected chi connectivity index (χ3v) is 0. The fourth-order valence-corrected chi connectivity index (χ4v) is 0. The van der Waals surface area contributed by atoms with Crippen LogP contribution in [0.1, 0.15) is 0 Å². The predicted molar refractivity (Wildman–Crippen MR) is 42.5 cm³/mol. The van der Waals surface area contributed by atoms with Gasteiger partial charge in [-0.2, -0.15) is 0 Å². The Bertz CT molecular complexity index is 5.51. The van der Waals surface area contributed by atoms with Crippen LogP contribution in [0, 0.1) is 0 Å². The number of halogens is 2. The normalized spacial score (nSPS) is 1.00. The quantitative estimate of drug-likeness (QED) is 0.479. The summed E-state index contributed by atoms with van der Waals surface area (Å²) in [6.07, 6.45) is 0. The largest absolute Gasteiger partial charge is 0.412 e. The van der Waals surface area contributed by atoms with Gasteiger partial charge in [0.15, 0.2) is 0 Å². The SMILES string of the molecule is II.O.O.O.O. The molecule has 0 heterocycles. The molecule has 0 saturated heterocycles. The molecule has 6 heteroatoms. The van der Waals surface area contributed by atoms with Crippen molar-refractivity contribution < 1.29 is 21.9 Å². The number of hydrogen-bond donors (Lipinski definition) is 0. The van der Waals surface area contributed by atoms with Crippen molar-refractivity contribution in [2.24, 2.45) is 0 Å². The second-order valence-electron chi connectivity index (χ2n) is 0. The standard InChI is InChI=1S/I2.4H2O/c1-2;;;;/h;4*1H2. The molecule has 0 aromatic rings. The predicted octanol–water partition coefficient (Wildman–Crippen LogP) is -1.53. The first-order valence-electron chi connectivity index (χ1n) is 0.143. The molecule has 0 radical (unpaired) electrons. The highest BCUT2D eigenvalue weighted by Gasteiger charge is 1.00. The maximum atomic E-state index is 2.12. The van der Waals surface area contributed by atoms with Crippen LogP contribution in [0.4, 0.5) is 0 Å². The molecular formula is H8I2O4. The van der Waals surface area contributed by atoms with Gasteiger partial charge in [-0.25, -0.2) is 0 Å². The molecule has 0 spiro atoms. The maximum absolute atomic E-state index is 2.12. The van der Waals surface area contributed by atoms with E-state index < -0.39 is 0 Å². The Morgan fingerprint density at radius 2 is 0.500 bits per heavy atom. The lowest BCUT2D eigenvalue weighted by atomic mass is 16.0. The summed E-state index contributed by atoms with van der Waals surface area (Å²) in [5.74, 6) is 0. The van der Waals surface area contributed by atoms with E-state index in [1.807, 2.05) is 0 Å². The van der Waals surface area contributed by atoms with Gasteiger partial charge in [0.25, 0.3) is 0 Å². The highest BCUT2D eigenvalue weighted by molar-refractivity contribution is 15.0. The lowest BCUT2D eigenvalue weighted by Crippen LogP contribution is -0.290. The molecule has 6 heavy (non-hydrogen) atoms. The van der Waals surface area contributed by atoms with Crippen LogP contribution >= 0.6 is 37.2 Å². The van der Waals surface area contributed by atoms with Gasteiger partial charge in [0, 0.05) is 37.2 Å². The Kier molecular flexibility index (Phi) is 956. The third-order valence-electron chi connectivity index (χ3n) is 0. The van der Waals surface area contributed by atoms with Gasteiger partial charge in [0.1, 0.15) is 0 Å².